The summed E-state index contributed by atoms with van der Waals surface area (Å²) in [5, 5.41) is 6.67. The van der Waals surface area contributed by atoms with Gasteiger partial charge >= 0.3 is 5.97 Å². The Labute approximate surface area is 194 Å². The number of aromatic nitrogens is 2. The van der Waals surface area contributed by atoms with Crippen molar-refractivity contribution in [3.63, 3.8) is 0 Å². The Hall–Kier alpha value is -3.29. The van der Waals surface area contributed by atoms with Gasteiger partial charge in [-0.25, -0.2) is 9.78 Å². The van der Waals surface area contributed by atoms with E-state index in [0.717, 1.165) is 22.2 Å². The maximum absolute atomic E-state index is 12.6. The number of hydrogen-bond donors (Lipinski definition) is 1. The van der Waals surface area contributed by atoms with E-state index in [9.17, 15) is 9.59 Å². The number of hydrogen-bond acceptors (Lipinski definition) is 6. The van der Waals surface area contributed by atoms with Gasteiger partial charge in [0.25, 0.3) is 0 Å². The van der Waals surface area contributed by atoms with Crippen LogP contribution in [0.2, 0.25) is 5.02 Å². The van der Waals surface area contributed by atoms with Gasteiger partial charge < -0.3 is 10.1 Å². The molecule has 2 aromatic carbocycles. The molecule has 0 bridgehead atoms. The molecule has 1 N–H and O–H groups in total. The van der Waals surface area contributed by atoms with Gasteiger partial charge in [0, 0.05) is 21.5 Å². The standard InChI is InChI=1S/C24H20ClN3O3S/c1-14-5-3-4-6-20(14)28-22(29)11-23-27-18(13-32-23)12-31-24(30)19-10-16-9-17(25)7-8-21(16)26-15(19)2/h3-10,13H,11-12H2,1-2H3,(H,28,29). The second-order valence-corrected chi connectivity index (χ2v) is 8.69. The number of aryl methyl sites for hydroxylation is 2. The number of thiazole rings is 1. The zero-order chi connectivity index (χ0) is 22.7. The van der Waals surface area contributed by atoms with Gasteiger partial charge in [-0.3, -0.25) is 9.78 Å². The maximum Gasteiger partial charge on any atom is 0.340 e. The summed E-state index contributed by atoms with van der Waals surface area (Å²) in [6.07, 6.45) is 0.154. The summed E-state index contributed by atoms with van der Waals surface area (Å²) in [6, 6.07) is 14.7. The van der Waals surface area contributed by atoms with Gasteiger partial charge in [0.15, 0.2) is 0 Å². The van der Waals surface area contributed by atoms with Crippen molar-refractivity contribution in [3.05, 3.63) is 86.5 Å². The number of amides is 1. The van der Waals surface area contributed by atoms with Crippen molar-refractivity contribution in [1.82, 2.24) is 9.97 Å². The SMILES string of the molecule is Cc1ccccc1NC(=O)Cc1nc(COC(=O)c2cc3cc(Cl)ccc3nc2C)cs1. The van der Waals surface area contributed by atoms with E-state index >= 15 is 0 Å². The summed E-state index contributed by atoms with van der Waals surface area (Å²) in [5.41, 5.74) is 4.09. The normalized spacial score (nSPS) is 10.8. The number of nitrogens with one attached hydrogen (secondary N) is 1. The molecule has 0 aliphatic carbocycles. The highest BCUT2D eigenvalue weighted by Crippen LogP contribution is 2.22. The van der Waals surface area contributed by atoms with E-state index in [0.29, 0.717) is 27.0 Å². The van der Waals surface area contributed by atoms with E-state index in [-0.39, 0.29) is 18.9 Å². The number of para-hydroxylation sites is 1. The van der Waals surface area contributed by atoms with Gasteiger partial charge in [0.1, 0.15) is 11.6 Å². The molecule has 0 saturated heterocycles. The third-order valence-electron chi connectivity index (χ3n) is 4.87. The monoisotopic (exact) mass is 465 g/mol. The number of esters is 1. The summed E-state index contributed by atoms with van der Waals surface area (Å²) in [6.45, 7) is 3.72. The van der Waals surface area contributed by atoms with Crippen LogP contribution >= 0.6 is 22.9 Å². The van der Waals surface area contributed by atoms with Crippen molar-refractivity contribution in [1.29, 1.82) is 0 Å². The third kappa shape index (κ3) is 5.12. The molecular weight excluding hydrogens is 446 g/mol. The quantitative estimate of drug-likeness (QED) is 0.380. The number of nitrogens with zero attached hydrogens (tertiary/aromatic N) is 2. The van der Waals surface area contributed by atoms with E-state index < -0.39 is 5.97 Å². The molecule has 0 aliphatic rings. The number of anilines is 1. The number of carbonyl (C=O) groups is 2. The number of fused-ring (bicyclic) bond motifs is 1. The first-order chi connectivity index (χ1) is 15.4. The average Bonchev–Trinajstić information content (AvgIpc) is 3.20. The maximum atomic E-state index is 12.6. The highest BCUT2D eigenvalue weighted by Gasteiger charge is 2.15. The van der Waals surface area contributed by atoms with Gasteiger partial charge in [0.2, 0.25) is 5.91 Å². The first-order valence-electron chi connectivity index (χ1n) is 9.92. The molecule has 0 aliphatic heterocycles. The Morgan fingerprint density at radius 1 is 1.09 bits per heavy atom. The summed E-state index contributed by atoms with van der Waals surface area (Å²) >= 11 is 7.40. The van der Waals surface area contributed by atoms with Crippen LogP contribution < -0.4 is 5.32 Å². The lowest BCUT2D eigenvalue weighted by atomic mass is 10.1. The molecule has 0 saturated carbocycles. The Morgan fingerprint density at radius 2 is 1.91 bits per heavy atom. The van der Waals surface area contributed by atoms with Gasteiger partial charge in [-0.2, -0.15) is 0 Å². The van der Waals surface area contributed by atoms with Gasteiger partial charge in [-0.15, -0.1) is 11.3 Å². The largest absolute Gasteiger partial charge is 0.455 e. The first-order valence-corrected chi connectivity index (χ1v) is 11.2. The Kier molecular flexibility index (Phi) is 6.48. The van der Waals surface area contributed by atoms with Crippen LogP contribution in [-0.4, -0.2) is 21.8 Å². The molecule has 0 unspecified atom stereocenters. The van der Waals surface area contributed by atoms with E-state index in [2.05, 4.69) is 15.3 Å². The molecule has 4 rings (SSSR count). The molecule has 1 amide bonds. The van der Waals surface area contributed by atoms with Crippen LogP contribution in [0.3, 0.4) is 0 Å². The van der Waals surface area contributed by atoms with Crippen LogP contribution in [0.5, 0.6) is 0 Å². The predicted molar refractivity (Wildman–Crippen MR) is 126 cm³/mol. The lowest BCUT2D eigenvalue weighted by molar-refractivity contribution is -0.115. The number of rotatable bonds is 6. The lowest BCUT2D eigenvalue weighted by Crippen LogP contribution is -2.15. The fourth-order valence-corrected chi connectivity index (χ4v) is 4.17. The number of benzene rings is 2. The number of carbonyl (C=O) groups excluding carboxylic acids is 2. The summed E-state index contributed by atoms with van der Waals surface area (Å²) in [4.78, 5) is 33.8. The van der Waals surface area contributed by atoms with Crippen molar-refractivity contribution < 1.29 is 14.3 Å². The van der Waals surface area contributed by atoms with Gasteiger partial charge in [-0.05, 0) is 49.7 Å². The molecular formula is C24H20ClN3O3S. The molecule has 0 atom stereocenters. The van der Waals surface area contributed by atoms with E-state index in [4.69, 9.17) is 16.3 Å². The minimum atomic E-state index is -0.483. The van der Waals surface area contributed by atoms with E-state index in [1.54, 1.807) is 30.5 Å². The molecule has 8 heteroatoms. The Bertz CT molecular complexity index is 1320. The van der Waals surface area contributed by atoms with Gasteiger partial charge in [0.05, 0.1) is 28.9 Å². The van der Waals surface area contributed by atoms with Crippen LogP contribution in [0, 0.1) is 13.8 Å². The number of halogens is 1. The summed E-state index contributed by atoms with van der Waals surface area (Å²) in [5.74, 6) is -0.627. The summed E-state index contributed by atoms with van der Waals surface area (Å²) in [7, 11) is 0. The number of ether oxygens (including phenoxy) is 1. The zero-order valence-corrected chi connectivity index (χ0v) is 19.1. The van der Waals surface area contributed by atoms with Crippen molar-refractivity contribution in [2.24, 2.45) is 0 Å². The molecule has 0 spiro atoms. The highest BCUT2D eigenvalue weighted by atomic mass is 35.5. The Balaban J connectivity index is 1.37. The molecule has 0 fully saturated rings. The minimum Gasteiger partial charge on any atom is -0.455 e. The zero-order valence-electron chi connectivity index (χ0n) is 17.5. The van der Waals surface area contributed by atoms with Crippen LogP contribution in [-0.2, 0) is 22.6 Å². The topological polar surface area (TPSA) is 81.2 Å². The fraction of sp³-hybridized carbons (Fsp3) is 0.167. The highest BCUT2D eigenvalue weighted by molar-refractivity contribution is 7.09. The molecule has 2 aromatic heterocycles. The Morgan fingerprint density at radius 3 is 2.72 bits per heavy atom. The van der Waals surface area contributed by atoms with E-state index in [1.165, 1.54) is 11.3 Å². The van der Waals surface area contributed by atoms with Crippen molar-refractivity contribution in [2.45, 2.75) is 26.9 Å². The van der Waals surface area contributed by atoms with Crippen LogP contribution in [0.4, 0.5) is 5.69 Å². The minimum absolute atomic E-state index is 0.0156. The van der Waals surface area contributed by atoms with Crippen LogP contribution in [0.25, 0.3) is 10.9 Å². The van der Waals surface area contributed by atoms with Crippen LogP contribution in [0.15, 0.2) is 53.9 Å². The molecule has 0 radical (unpaired) electrons. The fourth-order valence-electron chi connectivity index (χ4n) is 3.21. The molecule has 32 heavy (non-hydrogen) atoms. The molecule has 4 aromatic rings. The van der Waals surface area contributed by atoms with Crippen LogP contribution in [0.1, 0.15) is 32.3 Å². The molecule has 2 heterocycles. The molecule has 162 valence electrons. The smallest absolute Gasteiger partial charge is 0.340 e. The lowest BCUT2D eigenvalue weighted by Gasteiger charge is -2.08. The van der Waals surface area contributed by atoms with Crippen molar-refractivity contribution in [3.8, 4) is 0 Å². The third-order valence-corrected chi connectivity index (χ3v) is 6.00. The second kappa shape index (κ2) is 9.46. The van der Waals surface area contributed by atoms with Crippen molar-refractivity contribution in [2.75, 3.05) is 5.32 Å². The van der Waals surface area contributed by atoms with E-state index in [1.807, 2.05) is 37.3 Å². The molecule has 6 nitrogen and oxygen atoms in total. The average molecular weight is 466 g/mol. The first kappa shape index (κ1) is 21.9. The number of pyridine rings is 1. The van der Waals surface area contributed by atoms with Crippen molar-refractivity contribution >= 4 is 51.4 Å². The second-order valence-electron chi connectivity index (χ2n) is 7.31. The van der Waals surface area contributed by atoms with Gasteiger partial charge in [-0.1, -0.05) is 29.8 Å². The predicted octanol–water partition coefficient (Wildman–Crippen LogP) is 5.50. The summed E-state index contributed by atoms with van der Waals surface area (Å²) < 4.78 is 5.44.